The van der Waals surface area contributed by atoms with E-state index in [9.17, 15) is 4.39 Å². The monoisotopic (exact) mass is 334 g/mol. The van der Waals surface area contributed by atoms with E-state index in [1.165, 1.54) is 13.2 Å². The lowest BCUT2D eigenvalue weighted by Crippen LogP contribution is -2.03. The van der Waals surface area contributed by atoms with Gasteiger partial charge in [0.2, 0.25) is 5.95 Å². The fourth-order valence-corrected chi connectivity index (χ4v) is 2.33. The van der Waals surface area contributed by atoms with Crippen molar-refractivity contribution in [2.24, 2.45) is 0 Å². The number of nitrogens with two attached hydrogens (primary N) is 1. The Bertz CT molecular complexity index is 978. The maximum absolute atomic E-state index is 13.7. The normalized spacial score (nSPS) is 10.0. The minimum atomic E-state index is -0.451. The van der Waals surface area contributed by atoms with E-state index in [0.717, 1.165) is 5.56 Å². The van der Waals surface area contributed by atoms with Crippen molar-refractivity contribution < 1.29 is 9.13 Å². The summed E-state index contributed by atoms with van der Waals surface area (Å²) in [6.07, 6.45) is 3.35. The molecule has 0 unspecified atom stereocenters. The first-order chi connectivity index (χ1) is 12.1. The number of anilines is 1. The molecule has 25 heavy (non-hydrogen) atoms. The Labute approximate surface area is 144 Å². The van der Waals surface area contributed by atoms with E-state index in [1.807, 2.05) is 12.1 Å². The molecular formula is C19H15FN4O. The first-order valence-corrected chi connectivity index (χ1v) is 7.48. The number of nitrogens with zero attached hydrogens (tertiary/aromatic N) is 3. The van der Waals surface area contributed by atoms with Crippen LogP contribution in [-0.2, 0) is 0 Å². The molecule has 0 spiro atoms. The average molecular weight is 334 g/mol. The molecule has 0 saturated heterocycles. The van der Waals surface area contributed by atoms with Crippen LogP contribution < -0.4 is 10.5 Å². The molecule has 6 heteroatoms. The summed E-state index contributed by atoms with van der Waals surface area (Å²) in [7, 11) is 1.41. The highest BCUT2D eigenvalue weighted by molar-refractivity contribution is 5.71. The Morgan fingerprint density at radius 3 is 2.72 bits per heavy atom. The van der Waals surface area contributed by atoms with Crippen LogP contribution in [0.4, 0.5) is 10.3 Å². The average Bonchev–Trinajstić information content (AvgIpc) is 2.61. The molecule has 0 fully saturated rings. The van der Waals surface area contributed by atoms with Gasteiger partial charge < -0.3 is 10.5 Å². The Morgan fingerprint density at radius 1 is 1.16 bits per heavy atom. The third-order valence-electron chi connectivity index (χ3n) is 3.53. The molecule has 0 saturated carbocycles. The maximum Gasteiger partial charge on any atom is 0.220 e. The number of halogens is 1. The predicted octanol–water partition coefficient (Wildman–Crippen LogP) is 2.98. The van der Waals surface area contributed by atoms with Crippen molar-refractivity contribution in [3.8, 4) is 28.8 Å². The quantitative estimate of drug-likeness (QED) is 0.729. The van der Waals surface area contributed by atoms with Crippen molar-refractivity contribution in [3.05, 3.63) is 65.4 Å². The van der Waals surface area contributed by atoms with Gasteiger partial charge in [0, 0.05) is 23.5 Å². The number of rotatable bonds is 2. The Hall–Kier alpha value is -3.46. The summed E-state index contributed by atoms with van der Waals surface area (Å²) in [5, 5.41) is 0. The highest BCUT2D eigenvalue weighted by atomic mass is 19.1. The molecule has 0 aliphatic carbocycles. The maximum atomic E-state index is 13.7. The third kappa shape index (κ3) is 3.56. The van der Waals surface area contributed by atoms with E-state index < -0.39 is 5.82 Å². The lowest BCUT2D eigenvalue weighted by atomic mass is 10.0. The molecule has 124 valence electrons. The van der Waals surface area contributed by atoms with Gasteiger partial charge in [0.1, 0.15) is 0 Å². The zero-order valence-corrected chi connectivity index (χ0v) is 13.7. The number of benzene rings is 1. The van der Waals surface area contributed by atoms with E-state index in [4.69, 9.17) is 10.5 Å². The van der Waals surface area contributed by atoms with Crippen molar-refractivity contribution in [3.63, 3.8) is 0 Å². The highest BCUT2D eigenvalue weighted by Crippen LogP contribution is 2.28. The fraction of sp³-hybridized carbons (Fsp3) is 0.105. The Balaban J connectivity index is 2.16. The molecule has 5 nitrogen and oxygen atoms in total. The minimum Gasteiger partial charge on any atom is -0.494 e. The lowest BCUT2D eigenvalue weighted by Gasteiger charge is -2.09. The molecule has 0 amide bonds. The van der Waals surface area contributed by atoms with Crippen LogP contribution in [-0.4, -0.2) is 22.1 Å². The van der Waals surface area contributed by atoms with Crippen molar-refractivity contribution in [1.82, 2.24) is 15.0 Å². The van der Waals surface area contributed by atoms with Crippen molar-refractivity contribution >= 4 is 5.95 Å². The van der Waals surface area contributed by atoms with Gasteiger partial charge in [-0.2, -0.15) is 0 Å². The van der Waals surface area contributed by atoms with E-state index in [1.54, 1.807) is 31.5 Å². The summed E-state index contributed by atoms with van der Waals surface area (Å²) in [4.78, 5) is 12.5. The summed E-state index contributed by atoms with van der Waals surface area (Å²) in [6.45, 7) is 1.80. The standard InChI is InChI=1S/C19H15FN4O/c1-12-15(7-5-13-4-3-9-22-11-13)18(24-19(21)23-12)14-6-8-16(20)17(10-14)25-2/h3-4,6,8-11H,1-2H3,(H2,21,23,24). The van der Waals surface area contributed by atoms with Gasteiger partial charge in [-0.05, 0) is 37.3 Å². The molecule has 0 bridgehead atoms. The number of pyridine rings is 1. The third-order valence-corrected chi connectivity index (χ3v) is 3.53. The summed E-state index contributed by atoms with van der Waals surface area (Å²) in [6, 6.07) is 8.15. The van der Waals surface area contributed by atoms with Crippen LogP contribution in [0.15, 0.2) is 42.7 Å². The molecule has 2 aromatic heterocycles. The summed E-state index contributed by atoms with van der Waals surface area (Å²) >= 11 is 0. The van der Waals surface area contributed by atoms with Crippen LogP contribution in [0, 0.1) is 24.6 Å². The van der Waals surface area contributed by atoms with Gasteiger partial charge in [0.15, 0.2) is 11.6 Å². The topological polar surface area (TPSA) is 73.9 Å². The fourth-order valence-electron chi connectivity index (χ4n) is 2.33. The van der Waals surface area contributed by atoms with Crippen LogP contribution in [0.1, 0.15) is 16.8 Å². The number of hydrogen-bond donors (Lipinski definition) is 1. The molecule has 2 heterocycles. The number of aryl methyl sites for hydroxylation is 1. The lowest BCUT2D eigenvalue weighted by molar-refractivity contribution is 0.387. The zero-order valence-electron chi connectivity index (χ0n) is 13.7. The number of hydrogen-bond acceptors (Lipinski definition) is 5. The van der Waals surface area contributed by atoms with Gasteiger partial charge >= 0.3 is 0 Å². The second-order valence-electron chi connectivity index (χ2n) is 5.23. The van der Waals surface area contributed by atoms with E-state index in [-0.39, 0.29) is 11.7 Å². The van der Waals surface area contributed by atoms with Gasteiger partial charge in [-0.15, -0.1) is 0 Å². The number of nitrogen functional groups attached to an aromatic ring is 1. The van der Waals surface area contributed by atoms with Gasteiger partial charge in [-0.25, -0.2) is 14.4 Å². The summed E-state index contributed by atoms with van der Waals surface area (Å²) in [5.41, 5.74) is 8.98. The summed E-state index contributed by atoms with van der Waals surface area (Å²) in [5.74, 6) is 5.90. The second-order valence-corrected chi connectivity index (χ2v) is 5.23. The minimum absolute atomic E-state index is 0.124. The van der Waals surface area contributed by atoms with E-state index in [0.29, 0.717) is 22.5 Å². The number of aromatic nitrogens is 3. The predicted molar refractivity (Wildman–Crippen MR) is 93.3 cm³/mol. The van der Waals surface area contributed by atoms with Gasteiger partial charge in [-0.1, -0.05) is 11.8 Å². The van der Waals surface area contributed by atoms with Gasteiger partial charge in [0.25, 0.3) is 0 Å². The van der Waals surface area contributed by atoms with Crippen LogP contribution in [0.25, 0.3) is 11.3 Å². The molecule has 1 aromatic carbocycles. The molecule has 3 aromatic rings. The molecule has 0 atom stereocenters. The van der Waals surface area contributed by atoms with Crippen molar-refractivity contribution in [1.29, 1.82) is 0 Å². The van der Waals surface area contributed by atoms with Crippen molar-refractivity contribution in [2.75, 3.05) is 12.8 Å². The number of methoxy groups -OCH3 is 1. The Kier molecular flexibility index (Phi) is 4.57. The molecule has 3 rings (SSSR count). The first kappa shape index (κ1) is 16.4. The highest BCUT2D eigenvalue weighted by Gasteiger charge is 2.13. The summed E-state index contributed by atoms with van der Waals surface area (Å²) < 4.78 is 18.7. The first-order valence-electron chi connectivity index (χ1n) is 7.48. The zero-order chi connectivity index (χ0) is 17.8. The molecular weight excluding hydrogens is 319 g/mol. The largest absolute Gasteiger partial charge is 0.494 e. The van der Waals surface area contributed by atoms with E-state index >= 15 is 0 Å². The smallest absolute Gasteiger partial charge is 0.220 e. The van der Waals surface area contributed by atoms with Crippen LogP contribution in [0.2, 0.25) is 0 Å². The van der Waals surface area contributed by atoms with E-state index in [2.05, 4.69) is 26.8 Å². The molecule has 0 aliphatic heterocycles. The van der Waals surface area contributed by atoms with Crippen molar-refractivity contribution in [2.45, 2.75) is 6.92 Å². The van der Waals surface area contributed by atoms with Crippen LogP contribution >= 0.6 is 0 Å². The van der Waals surface area contributed by atoms with Gasteiger partial charge in [-0.3, -0.25) is 4.98 Å². The second kappa shape index (κ2) is 6.97. The molecule has 0 aliphatic rings. The SMILES string of the molecule is COc1cc(-c2nc(N)nc(C)c2C#Cc2cccnc2)ccc1F. The number of ether oxygens (including phenoxy) is 1. The van der Waals surface area contributed by atoms with Crippen LogP contribution in [0.5, 0.6) is 5.75 Å². The van der Waals surface area contributed by atoms with Crippen LogP contribution in [0.3, 0.4) is 0 Å². The van der Waals surface area contributed by atoms with Gasteiger partial charge in [0.05, 0.1) is 24.1 Å². The molecule has 2 N–H and O–H groups in total. The Morgan fingerprint density at radius 2 is 2.00 bits per heavy atom. The molecule has 0 radical (unpaired) electrons.